The number of nitrogens with one attached hydrogen (secondary N) is 1. The maximum absolute atomic E-state index is 9.67. The normalized spacial score (nSPS) is 20.0. The van der Waals surface area contributed by atoms with Crippen LogP contribution in [0.2, 0.25) is 0 Å². The second kappa shape index (κ2) is 6.87. The smallest absolute Gasteiger partial charge is 0.225 e. The van der Waals surface area contributed by atoms with Crippen LogP contribution in [0.15, 0.2) is 30.5 Å². The summed E-state index contributed by atoms with van der Waals surface area (Å²) >= 11 is 0. The highest BCUT2D eigenvalue weighted by atomic mass is 16.5. The zero-order chi connectivity index (χ0) is 18.1. The molecule has 0 bridgehead atoms. The lowest BCUT2D eigenvalue weighted by Gasteiger charge is -2.12. The number of aromatic nitrogens is 5. The summed E-state index contributed by atoms with van der Waals surface area (Å²) in [5, 5.41) is 21.3. The number of hydrogen-bond acceptors (Lipinski definition) is 7. The predicted octanol–water partition coefficient (Wildman–Crippen LogP) is 2.32. The Morgan fingerprint density at radius 2 is 2.04 bits per heavy atom. The van der Waals surface area contributed by atoms with E-state index in [2.05, 4.69) is 25.6 Å². The van der Waals surface area contributed by atoms with E-state index in [1.54, 1.807) is 10.9 Å². The summed E-state index contributed by atoms with van der Waals surface area (Å²) in [6.45, 7) is 3.99. The summed E-state index contributed by atoms with van der Waals surface area (Å²) in [7, 11) is 0. The quantitative estimate of drug-likeness (QED) is 0.725. The highest BCUT2D eigenvalue weighted by Gasteiger charge is 2.23. The third-order valence-electron chi connectivity index (χ3n) is 4.38. The Kier molecular flexibility index (Phi) is 4.42. The molecule has 2 aromatic heterocycles. The molecule has 1 aliphatic rings. The van der Waals surface area contributed by atoms with E-state index in [1.165, 1.54) is 0 Å². The van der Waals surface area contributed by atoms with Gasteiger partial charge in [0.1, 0.15) is 5.75 Å². The summed E-state index contributed by atoms with van der Waals surface area (Å²) in [6.07, 6.45) is 3.99. The lowest BCUT2D eigenvalue weighted by molar-refractivity contribution is 0.182. The summed E-state index contributed by atoms with van der Waals surface area (Å²) in [4.78, 5) is 8.88. The first-order valence-electron chi connectivity index (χ1n) is 8.88. The van der Waals surface area contributed by atoms with Crippen LogP contribution in [0.4, 0.5) is 5.95 Å². The number of nitrogens with zero attached hydrogens (tertiary/aromatic N) is 5. The molecule has 1 fully saturated rings. The molecule has 2 N–H and O–H groups in total. The Bertz CT molecular complexity index is 892. The van der Waals surface area contributed by atoms with Crippen LogP contribution in [-0.4, -0.2) is 48.3 Å². The van der Waals surface area contributed by atoms with Gasteiger partial charge in [0.05, 0.1) is 24.1 Å². The Hall–Kier alpha value is -2.74. The second-order valence-corrected chi connectivity index (χ2v) is 6.87. The highest BCUT2D eigenvalue weighted by Crippen LogP contribution is 2.23. The Balaban J connectivity index is 1.60. The van der Waals surface area contributed by atoms with Crippen molar-refractivity contribution < 1.29 is 9.84 Å². The monoisotopic (exact) mass is 354 g/mol. The largest absolute Gasteiger partial charge is 0.491 e. The molecule has 8 nitrogen and oxygen atoms in total. The minimum Gasteiger partial charge on any atom is -0.491 e. The Labute approximate surface area is 151 Å². The molecule has 0 unspecified atom stereocenters. The van der Waals surface area contributed by atoms with E-state index in [1.807, 2.05) is 38.1 Å². The standard InChI is InChI=1S/C18H22N6O2/c1-11(2)26-15-7-4-13(5-8-15)24-17-16(22-23-24)10-19-18(21-17)20-12-3-6-14(25)9-12/h4-5,7-8,10-12,14,25H,3,6,9H2,1-2H3,(H,19,20,21)/t12-,14-/m1/s1. The van der Waals surface area contributed by atoms with Gasteiger partial charge in [0, 0.05) is 6.04 Å². The molecule has 8 heteroatoms. The molecule has 136 valence electrons. The Morgan fingerprint density at radius 1 is 1.23 bits per heavy atom. The minimum absolute atomic E-state index is 0.128. The van der Waals surface area contributed by atoms with Crippen LogP contribution in [0.25, 0.3) is 16.9 Å². The van der Waals surface area contributed by atoms with Crippen molar-refractivity contribution in [2.24, 2.45) is 0 Å². The summed E-state index contributed by atoms with van der Waals surface area (Å²) in [6, 6.07) is 7.86. The van der Waals surface area contributed by atoms with Gasteiger partial charge in [0.15, 0.2) is 11.2 Å². The summed E-state index contributed by atoms with van der Waals surface area (Å²) in [5.41, 5.74) is 2.12. The van der Waals surface area contributed by atoms with Crippen molar-refractivity contribution in [2.75, 3.05) is 5.32 Å². The maximum Gasteiger partial charge on any atom is 0.225 e. The third kappa shape index (κ3) is 3.45. The fourth-order valence-corrected chi connectivity index (χ4v) is 3.18. The molecule has 26 heavy (non-hydrogen) atoms. The summed E-state index contributed by atoms with van der Waals surface area (Å²) in [5.74, 6) is 1.34. The molecule has 1 aromatic carbocycles. The van der Waals surface area contributed by atoms with Crippen molar-refractivity contribution in [3.05, 3.63) is 30.5 Å². The first-order valence-corrected chi connectivity index (χ1v) is 8.88. The van der Waals surface area contributed by atoms with E-state index in [9.17, 15) is 5.11 Å². The summed E-state index contributed by atoms with van der Waals surface area (Å²) < 4.78 is 7.36. The van der Waals surface area contributed by atoms with Crippen molar-refractivity contribution >= 4 is 17.1 Å². The number of ether oxygens (including phenoxy) is 1. The molecule has 2 atom stereocenters. The first kappa shape index (κ1) is 16.7. The fraction of sp³-hybridized carbons (Fsp3) is 0.444. The number of benzene rings is 1. The minimum atomic E-state index is -0.241. The number of aliphatic hydroxyl groups is 1. The molecule has 2 heterocycles. The zero-order valence-corrected chi connectivity index (χ0v) is 14.8. The highest BCUT2D eigenvalue weighted by molar-refractivity contribution is 5.72. The van der Waals surface area contributed by atoms with Gasteiger partial charge in [0.2, 0.25) is 5.95 Å². The van der Waals surface area contributed by atoms with Gasteiger partial charge in [0.25, 0.3) is 0 Å². The van der Waals surface area contributed by atoms with E-state index < -0.39 is 0 Å². The third-order valence-corrected chi connectivity index (χ3v) is 4.38. The lowest BCUT2D eigenvalue weighted by Crippen LogP contribution is -2.18. The van der Waals surface area contributed by atoms with Crippen LogP contribution in [0, 0.1) is 0 Å². The van der Waals surface area contributed by atoms with E-state index in [-0.39, 0.29) is 18.2 Å². The Morgan fingerprint density at radius 3 is 2.73 bits per heavy atom. The molecule has 1 aliphatic carbocycles. The number of fused-ring (bicyclic) bond motifs is 1. The van der Waals surface area contributed by atoms with Crippen LogP contribution in [0.1, 0.15) is 33.1 Å². The van der Waals surface area contributed by atoms with Gasteiger partial charge in [-0.2, -0.15) is 9.67 Å². The first-order chi connectivity index (χ1) is 12.6. The number of rotatable bonds is 5. The number of anilines is 1. The van der Waals surface area contributed by atoms with Gasteiger partial charge < -0.3 is 15.2 Å². The average molecular weight is 354 g/mol. The van der Waals surface area contributed by atoms with Gasteiger partial charge in [-0.15, -0.1) is 5.10 Å². The fourth-order valence-electron chi connectivity index (χ4n) is 3.18. The predicted molar refractivity (Wildman–Crippen MR) is 97.5 cm³/mol. The maximum atomic E-state index is 9.67. The van der Waals surface area contributed by atoms with Crippen LogP contribution >= 0.6 is 0 Å². The molecule has 1 saturated carbocycles. The zero-order valence-electron chi connectivity index (χ0n) is 14.8. The van der Waals surface area contributed by atoms with Crippen LogP contribution in [0.5, 0.6) is 5.75 Å². The lowest BCUT2D eigenvalue weighted by atomic mass is 10.2. The van der Waals surface area contributed by atoms with Gasteiger partial charge in [-0.25, -0.2) is 4.98 Å². The molecule has 0 spiro atoms. The van der Waals surface area contributed by atoms with E-state index in [0.29, 0.717) is 17.1 Å². The van der Waals surface area contributed by atoms with Crippen molar-refractivity contribution in [2.45, 2.75) is 51.4 Å². The molecule has 0 aliphatic heterocycles. The van der Waals surface area contributed by atoms with Gasteiger partial charge >= 0.3 is 0 Å². The van der Waals surface area contributed by atoms with E-state index in [0.717, 1.165) is 30.7 Å². The van der Waals surface area contributed by atoms with E-state index >= 15 is 0 Å². The molecule has 0 saturated heterocycles. The molecule has 0 amide bonds. The molecule has 0 radical (unpaired) electrons. The average Bonchev–Trinajstić information content (AvgIpc) is 3.21. The molecule has 3 aromatic rings. The van der Waals surface area contributed by atoms with Crippen LogP contribution < -0.4 is 10.1 Å². The van der Waals surface area contributed by atoms with Crippen LogP contribution in [0.3, 0.4) is 0 Å². The van der Waals surface area contributed by atoms with E-state index in [4.69, 9.17) is 4.74 Å². The van der Waals surface area contributed by atoms with Gasteiger partial charge in [-0.05, 0) is 57.4 Å². The number of hydrogen-bond donors (Lipinski definition) is 2. The topological polar surface area (TPSA) is 98.0 Å². The van der Waals surface area contributed by atoms with Crippen molar-refractivity contribution in [3.63, 3.8) is 0 Å². The molecular weight excluding hydrogens is 332 g/mol. The van der Waals surface area contributed by atoms with Gasteiger partial charge in [-0.1, -0.05) is 5.21 Å². The van der Waals surface area contributed by atoms with Gasteiger partial charge in [-0.3, -0.25) is 0 Å². The number of aliphatic hydroxyl groups excluding tert-OH is 1. The van der Waals surface area contributed by atoms with Crippen molar-refractivity contribution in [1.82, 2.24) is 25.0 Å². The molecular formula is C18H22N6O2. The SMILES string of the molecule is CC(C)Oc1ccc(-n2nnc3cnc(N[C@@H]4CC[C@@H](O)C4)nc32)cc1. The van der Waals surface area contributed by atoms with Crippen molar-refractivity contribution in [3.8, 4) is 11.4 Å². The molecule has 4 rings (SSSR count). The second-order valence-electron chi connectivity index (χ2n) is 6.87. The van der Waals surface area contributed by atoms with Crippen molar-refractivity contribution in [1.29, 1.82) is 0 Å². The van der Waals surface area contributed by atoms with Crippen LogP contribution in [-0.2, 0) is 0 Å².